The van der Waals surface area contributed by atoms with Crippen LogP contribution in [0.25, 0.3) is 0 Å². The zero-order valence-electron chi connectivity index (χ0n) is 11.8. The van der Waals surface area contributed by atoms with Crippen molar-refractivity contribution in [3.63, 3.8) is 0 Å². The van der Waals surface area contributed by atoms with Gasteiger partial charge in [0.15, 0.2) is 6.10 Å². The Bertz CT molecular complexity index is 542. The van der Waals surface area contributed by atoms with Crippen LogP contribution in [0.2, 0.25) is 5.02 Å². The second-order valence-corrected chi connectivity index (χ2v) is 6.16. The molecule has 0 bridgehead atoms. The zero-order valence-corrected chi connectivity index (χ0v) is 12.6. The van der Waals surface area contributed by atoms with Crippen molar-refractivity contribution in [3.8, 4) is 5.75 Å². The number of rotatable bonds is 3. The Balaban J connectivity index is 1.62. The first-order valence-corrected chi connectivity index (χ1v) is 7.53. The molecule has 1 aromatic carbocycles. The van der Waals surface area contributed by atoms with E-state index >= 15 is 0 Å². The highest BCUT2D eigenvalue weighted by Crippen LogP contribution is 2.29. The van der Waals surface area contributed by atoms with Crippen molar-refractivity contribution in [2.75, 3.05) is 26.2 Å². The number of fused-ring (bicyclic) bond motifs is 1. The van der Waals surface area contributed by atoms with Crippen LogP contribution in [0.5, 0.6) is 5.75 Å². The predicted molar refractivity (Wildman–Crippen MR) is 77.9 cm³/mol. The average molecular weight is 313 g/mol. The molecule has 0 saturated carbocycles. The number of amides is 1. The van der Waals surface area contributed by atoms with Crippen LogP contribution in [0.4, 0.5) is 4.39 Å². The molecular formula is C15H18ClFN2O2. The number of carbonyl (C=O) groups excluding carboxylic acids is 1. The van der Waals surface area contributed by atoms with Gasteiger partial charge in [-0.3, -0.25) is 4.79 Å². The quantitative estimate of drug-likeness (QED) is 0.927. The second-order valence-electron chi connectivity index (χ2n) is 5.76. The van der Waals surface area contributed by atoms with Gasteiger partial charge in [0, 0.05) is 26.2 Å². The third kappa shape index (κ3) is 2.99. The molecule has 1 N–H and O–H groups in total. The molecule has 0 spiro atoms. The van der Waals surface area contributed by atoms with Crippen molar-refractivity contribution < 1.29 is 13.9 Å². The van der Waals surface area contributed by atoms with E-state index in [9.17, 15) is 9.18 Å². The van der Waals surface area contributed by atoms with Gasteiger partial charge in [0.05, 0.1) is 5.02 Å². The van der Waals surface area contributed by atoms with Crippen molar-refractivity contribution in [2.45, 2.75) is 13.0 Å². The molecule has 3 rings (SSSR count). The lowest BCUT2D eigenvalue weighted by molar-refractivity contribution is -0.137. The molecule has 3 atom stereocenters. The number of hydrogen-bond acceptors (Lipinski definition) is 3. The van der Waals surface area contributed by atoms with Crippen LogP contribution in [0.15, 0.2) is 18.2 Å². The van der Waals surface area contributed by atoms with Crippen LogP contribution >= 0.6 is 11.6 Å². The number of likely N-dealkylation sites (tertiary alicyclic amines) is 1. The van der Waals surface area contributed by atoms with Gasteiger partial charge in [-0.25, -0.2) is 4.39 Å². The van der Waals surface area contributed by atoms with Crippen LogP contribution in [0.1, 0.15) is 6.92 Å². The van der Waals surface area contributed by atoms with Crippen LogP contribution in [0.3, 0.4) is 0 Å². The maximum absolute atomic E-state index is 13.0. The lowest BCUT2D eigenvalue weighted by Crippen LogP contribution is -2.40. The molecule has 21 heavy (non-hydrogen) atoms. The van der Waals surface area contributed by atoms with Gasteiger partial charge in [-0.2, -0.15) is 0 Å². The third-order valence-electron chi connectivity index (χ3n) is 4.25. The number of carbonyl (C=O) groups is 1. The van der Waals surface area contributed by atoms with Crippen molar-refractivity contribution in [2.24, 2.45) is 11.8 Å². The molecule has 2 aliphatic rings. The maximum Gasteiger partial charge on any atom is 0.263 e. The van der Waals surface area contributed by atoms with E-state index in [1.165, 1.54) is 18.2 Å². The molecule has 4 nitrogen and oxygen atoms in total. The number of ether oxygens (including phenoxy) is 1. The molecule has 1 unspecified atom stereocenters. The summed E-state index contributed by atoms with van der Waals surface area (Å²) in [6.45, 7) is 5.22. The Labute approximate surface area is 128 Å². The minimum Gasteiger partial charge on any atom is -0.479 e. The zero-order chi connectivity index (χ0) is 15.0. The number of halogens is 2. The summed E-state index contributed by atoms with van der Waals surface area (Å²) in [5.74, 6) is 0.974. The molecule has 1 amide bonds. The van der Waals surface area contributed by atoms with Crippen molar-refractivity contribution >= 4 is 17.5 Å². The molecule has 0 radical (unpaired) electrons. The van der Waals surface area contributed by atoms with Crippen molar-refractivity contribution in [1.29, 1.82) is 0 Å². The molecule has 6 heteroatoms. The Hall–Kier alpha value is -1.33. The van der Waals surface area contributed by atoms with Gasteiger partial charge in [-0.15, -0.1) is 0 Å². The van der Waals surface area contributed by atoms with E-state index in [0.717, 1.165) is 26.2 Å². The monoisotopic (exact) mass is 312 g/mol. The second kappa shape index (κ2) is 5.81. The summed E-state index contributed by atoms with van der Waals surface area (Å²) in [5.41, 5.74) is 0. The average Bonchev–Trinajstić information content (AvgIpc) is 3.01. The fourth-order valence-corrected chi connectivity index (χ4v) is 3.32. The maximum atomic E-state index is 13.0. The highest BCUT2D eigenvalue weighted by atomic mass is 35.5. The first kappa shape index (κ1) is 14.6. The van der Waals surface area contributed by atoms with Crippen LogP contribution in [0, 0.1) is 17.7 Å². The third-order valence-corrected chi connectivity index (χ3v) is 4.54. The number of hydrogen-bond donors (Lipinski definition) is 1. The molecule has 1 aromatic rings. The SMILES string of the molecule is CC(Oc1ccc(F)cc1Cl)C(=O)N1C[C@H]2CNC[C@H]2C1. The first-order valence-electron chi connectivity index (χ1n) is 7.16. The van der Waals surface area contributed by atoms with Crippen molar-refractivity contribution in [1.82, 2.24) is 10.2 Å². The van der Waals surface area contributed by atoms with Gasteiger partial charge < -0.3 is 15.0 Å². The Morgan fingerprint density at radius 1 is 1.43 bits per heavy atom. The summed E-state index contributed by atoms with van der Waals surface area (Å²) < 4.78 is 18.6. The number of benzene rings is 1. The predicted octanol–water partition coefficient (Wildman–Crippen LogP) is 1.92. The summed E-state index contributed by atoms with van der Waals surface area (Å²) >= 11 is 5.92. The summed E-state index contributed by atoms with van der Waals surface area (Å²) in [6.07, 6.45) is -0.625. The molecule has 2 aliphatic heterocycles. The van der Waals surface area contributed by atoms with Crippen LogP contribution in [-0.4, -0.2) is 43.1 Å². The van der Waals surface area contributed by atoms with Gasteiger partial charge in [-0.1, -0.05) is 11.6 Å². The number of nitrogens with zero attached hydrogens (tertiary/aromatic N) is 1. The standard InChI is InChI=1S/C15H18ClFN2O2/c1-9(21-14-3-2-12(17)4-13(14)16)15(20)19-7-10-5-18-6-11(10)8-19/h2-4,9-11,18H,5-8H2,1H3/t9?,10-,11+. The normalized spacial score (nSPS) is 25.8. The topological polar surface area (TPSA) is 41.6 Å². The minimum absolute atomic E-state index is 0.0372. The molecule has 114 valence electrons. The summed E-state index contributed by atoms with van der Waals surface area (Å²) in [7, 11) is 0. The van der Waals surface area contributed by atoms with E-state index in [1.807, 2.05) is 4.90 Å². The highest BCUT2D eigenvalue weighted by Gasteiger charge is 2.39. The lowest BCUT2D eigenvalue weighted by Gasteiger charge is -2.22. The van der Waals surface area contributed by atoms with Gasteiger partial charge >= 0.3 is 0 Å². The molecule has 0 aromatic heterocycles. The van der Waals surface area contributed by atoms with Gasteiger partial charge in [0.25, 0.3) is 5.91 Å². The summed E-state index contributed by atoms with van der Waals surface area (Å²) in [6, 6.07) is 3.90. The molecule has 2 fully saturated rings. The molecule has 2 saturated heterocycles. The van der Waals surface area contributed by atoms with Crippen LogP contribution in [-0.2, 0) is 4.79 Å². The number of nitrogens with one attached hydrogen (secondary N) is 1. The van der Waals surface area contributed by atoms with E-state index in [4.69, 9.17) is 16.3 Å². The molecule has 2 heterocycles. The van der Waals surface area contributed by atoms with E-state index in [0.29, 0.717) is 17.6 Å². The van der Waals surface area contributed by atoms with Gasteiger partial charge in [0.1, 0.15) is 11.6 Å². The molecule has 0 aliphatic carbocycles. The fourth-order valence-electron chi connectivity index (χ4n) is 3.10. The fraction of sp³-hybridized carbons (Fsp3) is 0.533. The largest absolute Gasteiger partial charge is 0.479 e. The molecular weight excluding hydrogens is 295 g/mol. The Morgan fingerprint density at radius 2 is 2.10 bits per heavy atom. The smallest absolute Gasteiger partial charge is 0.263 e. The van der Waals surface area contributed by atoms with Crippen molar-refractivity contribution in [3.05, 3.63) is 29.0 Å². The summed E-state index contributed by atoms with van der Waals surface area (Å²) in [4.78, 5) is 14.3. The van der Waals surface area contributed by atoms with E-state index in [2.05, 4.69) is 5.32 Å². The Kier molecular flexibility index (Phi) is 4.04. The van der Waals surface area contributed by atoms with Gasteiger partial charge in [-0.05, 0) is 37.0 Å². The van der Waals surface area contributed by atoms with E-state index in [-0.39, 0.29) is 10.9 Å². The Morgan fingerprint density at radius 3 is 2.71 bits per heavy atom. The van der Waals surface area contributed by atoms with E-state index in [1.54, 1.807) is 6.92 Å². The first-order chi connectivity index (χ1) is 10.0. The van der Waals surface area contributed by atoms with Crippen LogP contribution < -0.4 is 10.1 Å². The minimum atomic E-state index is -0.625. The van der Waals surface area contributed by atoms with E-state index < -0.39 is 11.9 Å². The highest BCUT2D eigenvalue weighted by molar-refractivity contribution is 6.32. The van der Waals surface area contributed by atoms with Gasteiger partial charge in [0.2, 0.25) is 0 Å². The summed E-state index contributed by atoms with van der Waals surface area (Å²) in [5, 5.41) is 3.52. The lowest BCUT2D eigenvalue weighted by atomic mass is 10.0.